The number of esters is 1. The fourth-order valence-electron chi connectivity index (χ4n) is 2.88. The van der Waals surface area contributed by atoms with E-state index in [1.807, 2.05) is 0 Å². The molecule has 2 aromatic carbocycles. The summed E-state index contributed by atoms with van der Waals surface area (Å²) >= 11 is 3.30. The van der Waals surface area contributed by atoms with Crippen molar-refractivity contribution >= 4 is 54.4 Å². The average molecular weight is 493 g/mol. The van der Waals surface area contributed by atoms with E-state index in [9.17, 15) is 18.0 Å². The number of sulfonamides is 1. The highest BCUT2D eigenvalue weighted by Gasteiger charge is 2.28. The molecule has 1 amide bonds. The molecular weight excluding hydrogens is 476 g/mol. The number of nitrogens with one attached hydrogen (secondary N) is 3. The van der Waals surface area contributed by atoms with Crippen LogP contribution >= 0.6 is 15.9 Å². The zero-order chi connectivity index (χ0) is 21.5. The van der Waals surface area contributed by atoms with Crippen LogP contribution < -0.4 is 10.0 Å². The molecule has 0 bridgehead atoms. The summed E-state index contributed by atoms with van der Waals surface area (Å²) in [4.78, 5) is 24.7. The number of amides is 1. The molecule has 1 aliphatic carbocycles. The number of rotatable bonds is 6. The van der Waals surface area contributed by atoms with Crippen LogP contribution in [-0.2, 0) is 14.8 Å². The largest absolute Gasteiger partial charge is 0.464 e. The summed E-state index contributed by atoms with van der Waals surface area (Å²) in [7, 11) is -2.44. The van der Waals surface area contributed by atoms with Gasteiger partial charge in [0.1, 0.15) is 0 Å². The lowest BCUT2D eigenvalue weighted by atomic mass is 10.1. The van der Waals surface area contributed by atoms with E-state index in [0.29, 0.717) is 21.1 Å². The Kier molecular flexibility index (Phi) is 5.35. The van der Waals surface area contributed by atoms with Gasteiger partial charge in [-0.25, -0.2) is 17.9 Å². The predicted octanol–water partition coefficient (Wildman–Crippen LogP) is 2.81. The van der Waals surface area contributed by atoms with Crippen LogP contribution in [0.15, 0.2) is 45.8 Å². The molecule has 9 nitrogen and oxygen atoms in total. The first-order valence-corrected chi connectivity index (χ1v) is 11.3. The summed E-state index contributed by atoms with van der Waals surface area (Å²) in [6, 6.07) is 9.13. The first kappa shape index (κ1) is 20.5. The number of carbonyl (C=O) groups excluding carboxylic acids is 2. The van der Waals surface area contributed by atoms with E-state index in [2.05, 4.69) is 36.2 Å². The standard InChI is InChI=1S/C19H17BrN4O5S/c1-29-19(26)17-14-8-11(4-7-16(14)22-23-17)21-18(25)13-9-12(5-6-15(13)20)30(27,28)24-10-2-3-10/h4-10,24H,2-3H2,1H3,(H,21,25)(H,22,23). The molecule has 1 heterocycles. The van der Waals surface area contributed by atoms with E-state index >= 15 is 0 Å². The minimum Gasteiger partial charge on any atom is -0.464 e. The van der Waals surface area contributed by atoms with Crippen LogP contribution in [-0.4, -0.2) is 43.6 Å². The highest BCUT2D eigenvalue weighted by Crippen LogP contribution is 2.26. The topological polar surface area (TPSA) is 130 Å². The number of aromatic nitrogens is 2. The molecule has 0 atom stereocenters. The monoisotopic (exact) mass is 492 g/mol. The van der Waals surface area contributed by atoms with Crippen LogP contribution in [0.25, 0.3) is 10.9 Å². The first-order valence-electron chi connectivity index (χ1n) is 8.98. The highest BCUT2D eigenvalue weighted by atomic mass is 79.9. The number of anilines is 1. The summed E-state index contributed by atoms with van der Waals surface area (Å²) in [6.07, 6.45) is 1.63. The lowest BCUT2D eigenvalue weighted by Crippen LogP contribution is -2.26. The van der Waals surface area contributed by atoms with Crippen LogP contribution in [0.1, 0.15) is 33.7 Å². The minimum atomic E-state index is -3.70. The van der Waals surface area contributed by atoms with Crippen molar-refractivity contribution in [2.24, 2.45) is 0 Å². The Bertz CT molecular complexity index is 1270. The van der Waals surface area contributed by atoms with Gasteiger partial charge in [-0.2, -0.15) is 5.10 Å². The van der Waals surface area contributed by atoms with Gasteiger partial charge in [-0.1, -0.05) is 0 Å². The Morgan fingerprint density at radius 2 is 1.97 bits per heavy atom. The number of aromatic amines is 1. The number of carbonyl (C=O) groups is 2. The predicted molar refractivity (Wildman–Crippen MR) is 113 cm³/mol. The Morgan fingerprint density at radius 3 is 2.67 bits per heavy atom. The van der Waals surface area contributed by atoms with Crippen molar-refractivity contribution in [3.63, 3.8) is 0 Å². The second-order valence-corrected chi connectivity index (χ2v) is 9.38. The van der Waals surface area contributed by atoms with Crippen molar-refractivity contribution in [1.29, 1.82) is 0 Å². The molecule has 3 N–H and O–H groups in total. The highest BCUT2D eigenvalue weighted by molar-refractivity contribution is 9.10. The van der Waals surface area contributed by atoms with Gasteiger partial charge in [-0.05, 0) is 65.2 Å². The lowest BCUT2D eigenvalue weighted by Gasteiger charge is -2.10. The van der Waals surface area contributed by atoms with Crippen molar-refractivity contribution in [3.8, 4) is 0 Å². The molecule has 3 aromatic rings. The van der Waals surface area contributed by atoms with Crippen molar-refractivity contribution in [2.45, 2.75) is 23.8 Å². The Hall–Kier alpha value is -2.76. The molecular formula is C19H17BrN4O5S. The molecule has 1 fully saturated rings. The zero-order valence-electron chi connectivity index (χ0n) is 15.7. The van der Waals surface area contributed by atoms with E-state index in [1.54, 1.807) is 18.2 Å². The smallest absolute Gasteiger partial charge is 0.359 e. The summed E-state index contributed by atoms with van der Waals surface area (Å²) in [6.45, 7) is 0. The number of fused-ring (bicyclic) bond motifs is 1. The van der Waals surface area contributed by atoms with Crippen LogP contribution in [0.4, 0.5) is 5.69 Å². The third-order valence-electron chi connectivity index (χ3n) is 4.59. The summed E-state index contributed by atoms with van der Waals surface area (Å²) < 4.78 is 32.7. The number of methoxy groups -OCH3 is 1. The van der Waals surface area contributed by atoms with Crippen molar-refractivity contribution < 1.29 is 22.7 Å². The van der Waals surface area contributed by atoms with Gasteiger partial charge >= 0.3 is 5.97 Å². The normalized spacial score (nSPS) is 13.9. The molecule has 0 saturated heterocycles. The molecule has 1 saturated carbocycles. The van der Waals surface area contributed by atoms with E-state index in [1.165, 1.54) is 25.3 Å². The Labute approximate surface area is 180 Å². The van der Waals surface area contributed by atoms with E-state index in [0.717, 1.165) is 12.8 Å². The number of benzene rings is 2. The molecule has 156 valence electrons. The van der Waals surface area contributed by atoms with E-state index in [4.69, 9.17) is 4.74 Å². The van der Waals surface area contributed by atoms with Crippen molar-refractivity contribution in [3.05, 3.63) is 52.1 Å². The Morgan fingerprint density at radius 1 is 1.20 bits per heavy atom. The quantitative estimate of drug-likeness (QED) is 0.453. The summed E-state index contributed by atoms with van der Waals surface area (Å²) in [5, 5.41) is 9.87. The van der Waals surface area contributed by atoms with Gasteiger partial charge in [0.05, 0.1) is 23.1 Å². The van der Waals surface area contributed by atoms with Gasteiger partial charge in [0.2, 0.25) is 10.0 Å². The van der Waals surface area contributed by atoms with E-state index in [-0.39, 0.29) is 22.2 Å². The number of H-pyrrole nitrogens is 1. The Balaban J connectivity index is 1.62. The molecule has 4 rings (SSSR count). The van der Waals surface area contributed by atoms with Crippen LogP contribution in [0.2, 0.25) is 0 Å². The minimum absolute atomic E-state index is 0.0148. The van der Waals surface area contributed by atoms with Crippen LogP contribution in [0.5, 0.6) is 0 Å². The third kappa shape index (κ3) is 4.09. The number of ether oxygens (including phenoxy) is 1. The van der Waals surface area contributed by atoms with Gasteiger partial charge in [-0.15, -0.1) is 0 Å². The third-order valence-corrected chi connectivity index (χ3v) is 6.80. The average Bonchev–Trinajstić information content (AvgIpc) is 3.42. The van der Waals surface area contributed by atoms with Gasteiger partial charge in [0.25, 0.3) is 5.91 Å². The number of nitrogens with zero attached hydrogens (tertiary/aromatic N) is 1. The maximum Gasteiger partial charge on any atom is 0.359 e. The maximum absolute atomic E-state index is 12.8. The molecule has 0 spiro atoms. The van der Waals surface area contributed by atoms with Crippen LogP contribution in [0.3, 0.4) is 0 Å². The van der Waals surface area contributed by atoms with Gasteiger partial charge in [-0.3, -0.25) is 9.89 Å². The second-order valence-electron chi connectivity index (χ2n) is 6.82. The number of halogens is 1. The van der Waals surface area contributed by atoms with E-state index < -0.39 is 21.9 Å². The molecule has 1 aliphatic rings. The lowest BCUT2D eigenvalue weighted by molar-refractivity contribution is 0.0596. The van der Waals surface area contributed by atoms with Gasteiger partial charge < -0.3 is 10.1 Å². The molecule has 0 aliphatic heterocycles. The summed E-state index contributed by atoms with van der Waals surface area (Å²) in [5.74, 6) is -1.11. The molecule has 0 radical (unpaired) electrons. The number of hydrogen-bond acceptors (Lipinski definition) is 6. The maximum atomic E-state index is 12.8. The van der Waals surface area contributed by atoms with Gasteiger partial charge in [0.15, 0.2) is 5.69 Å². The SMILES string of the molecule is COC(=O)c1n[nH]c2ccc(NC(=O)c3cc(S(=O)(=O)NC4CC4)ccc3Br)cc12. The zero-order valence-corrected chi connectivity index (χ0v) is 18.1. The second kappa shape index (κ2) is 7.82. The number of hydrogen-bond donors (Lipinski definition) is 3. The summed E-state index contributed by atoms with van der Waals surface area (Å²) in [5.41, 5.74) is 1.28. The van der Waals surface area contributed by atoms with Gasteiger partial charge in [0, 0.05) is 21.6 Å². The molecule has 1 aromatic heterocycles. The fourth-order valence-corrected chi connectivity index (χ4v) is 4.63. The molecule has 11 heteroatoms. The fraction of sp³-hybridized carbons (Fsp3) is 0.211. The molecule has 0 unspecified atom stereocenters. The van der Waals surface area contributed by atoms with Crippen molar-refractivity contribution in [2.75, 3.05) is 12.4 Å². The van der Waals surface area contributed by atoms with Crippen molar-refractivity contribution in [1.82, 2.24) is 14.9 Å². The van der Waals surface area contributed by atoms with Crippen LogP contribution in [0, 0.1) is 0 Å². The molecule has 30 heavy (non-hydrogen) atoms. The first-order chi connectivity index (χ1) is 14.3.